The lowest BCUT2D eigenvalue weighted by Crippen LogP contribution is -2.51. The number of carbonyl (C=O) groups is 3. The minimum absolute atomic E-state index is 0.0266. The molecule has 1 aromatic heterocycles. The van der Waals surface area contributed by atoms with Crippen molar-refractivity contribution in [2.24, 2.45) is 46.3 Å². The number of fused-ring (bicyclic) bond motifs is 5. The van der Waals surface area contributed by atoms with E-state index < -0.39 is 5.78 Å². The monoisotopic (exact) mass is 1070 g/mol. The number of aliphatic hydroxyl groups excluding tert-OH is 1. The molecule has 3 fully saturated rings. The second-order valence-electron chi connectivity index (χ2n) is 23.7. The number of nitrogens with one attached hydrogen (secondary N) is 3. The summed E-state index contributed by atoms with van der Waals surface area (Å²) in [6, 6.07) is 9.90. The molecule has 426 valence electrons. The summed E-state index contributed by atoms with van der Waals surface area (Å²) >= 11 is 0. The van der Waals surface area contributed by atoms with Crippen LogP contribution in [-0.4, -0.2) is 101 Å². The fourth-order valence-corrected chi connectivity index (χ4v) is 13.8. The van der Waals surface area contributed by atoms with Crippen molar-refractivity contribution in [1.82, 2.24) is 30.9 Å². The van der Waals surface area contributed by atoms with E-state index in [9.17, 15) is 29.7 Å². The molecule has 4 aliphatic carbocycles. The first-order valence-corrected chi connectivity index (χ1v) is 29.0. The summed E-state index contributed by atoms with van der Waals surface area (Å²) in [7, 11) is 2.87. The molecule has 7 rings (SSSR count). The van der Waals surface area contributed by atoms with E-state index in [1.807, 2.05) is 0 Å². The largest absolute Gasteiger partial charge is 0.508 e. The Labute approximate surface area is 463 Å². The van der Waals surface area contributed by atoms with E-state index in [2.05, 4.69) is 67.0 Å². The number of aromatic nitrogens is 3. The zero-order chi connectivity index (χ0) is 55.8. The van der Waals surface area contributed by atoms with Gasteiger partial charge in [-0.2, -0.15) is 0 Å². The highest BCUT2D eigenvalue weighted by Gasteiger charge is 2.59. The first-order chi connectivity index (χ1) is 37.5. The Balaban J connectivity index is 0.754. The van der Waals surface area contributed by atoms with Crippen LogP contribution in [0.15, 0.2) is 77.7 Å². The van der Waals surface area contributed by atoms with Gasteiger partial charge in [-0.25, -0.2) is 0 Å². The summed E-state index contributed by atoms with van der Waals surface area (Å²) in [4.78, 5) is 38.5. The smallest absolute Gasteiger partial charge is 0.246 e. The van der Waals surface area contributed by atoms with Crippen LogP contribution in [0.4, 0.5) is 0 Å². The fourth-order valence-electron chi connectivity index (χ4n) is 13.8. The number of aromatic hydroxyl groups is 2. The van der Waals surface area contributed by atoms with E-state index in [0.29, 0.717) is 66.2 Å². The number of ether oxygens (including phenoxy) is 3. The zero-order valence-corrected chi connectivity index (χ0v) is 47.7. The summed E-state index contributed by atoms with van der Waals surface area (Å²) in [6.45, 7) is 14.7. The van der Waals surface area contributed by atoms with Crippen LogP contribution in [0.2, 0.25) is 0 Å². The minimum Gasteiger partial charge on any atom is -0.508 e. The van der Waals surface area contributed by atoms with Crippen molar-refractivity contribution >= 4 is 29.7 Å². The summed E-state index contributed by atoms with van der Waals surface area (Å²) in [6.07, 6.45) is 28.3. The third kappa shape index (κ3) is 15.7. The summed E-state index contributed by atoms with van der Waals surface area (Å²) in [5.41, 5.74) is 4.34. The van der Waals surface area contributed by atoms with E-state index >= 15 is 0 Å². The average molecular weight is 1080 g/mol. The number of nitrogens with zero attached hydrogens (tertiary/aromatic N) is 3. The van der Waals surface area contributed by atoms with Gasteiger partial charge in [-0.3, -0.25) is 19.1 Å². The van der Waals surface area contributed by atoms with Crippen LogP contribution in [0.5, 0.6) is 23.0 Å². The summed E-state index contributed by atoms with van der Waals surface area (Å²) in [5.74, 6) is 4.29. The van der Waals surface area contributed by atoms with Gasteiger partial charge in [0, 0.05) is 43.9 Å². The number of unbranched alkanes of at least 4 members (excludes halogenated alkanes) is 2. The fraction of sp³-hybridized carbons (Fsp3) is 0.603. The molecule has 3 saturated carbocycles. The van der Waals surface area contributed by atoms with Crippen LogP contribution in [0.25, 0.3) is 12.2 Å². The van der Waals surface area contributed by atoms with Crippen LogP contribution in [0, 0.1) is 46.3 Å². The molecule has 78 heavy (non-hydrogen) atoms. The molecule has 2 amide bonds. The van der Waals surface area contributed by atoms with Crippen molar-refractivity contribution in [3.63, 3.8) is 0 Å². The van der Waals surface area contributed by atoms with Crippen molar-refractivity contribution in [3.05, 3.63) is 94.5 Å². The molecule has 3 aromatic rings. The van der Waals surface area contributed by atoms with Crippen molar-refractivity contribution < 1.29 is 43.9 Å². The number of phenols is 2. The van der Waals surface area contributed by atoms with Gasteiger partial charge in [0.25, 0.3) is 0 Å². The molecule has 0 bridgehead atoms. The van der Waals surface area contributed by atoms with Crippen molar-refractivity contribution in [2.45, 2.75) is 150 Å². The van der Waals surface area contributed by atoms with Gasteiger partial charge in [0.05, 0.1) is 19.9 Å². The number of hydrogen-bond donors (Lipinski definition) is 6. The Hall–Kier alpha value is -5.93. The zero-order valence-electron chi connectivity index (χ0n) is 47.7. The van der Waals surface area contributed by atoms with Crippen molar-refractivity contribution in [2.75, 3.05) is 47.1 Å². The Bertz CT molecular complexity index is 2620. The van der Waals surface area contributed by atoms with E-state index in [0.717, 1.165) is 54.9 Å². The highest BCUT2D eigenvalue weighted by molar-refractivity contribution is 6.07. The Morgan fingerprint density at radius 1 is 0.795 bits per heavy atom. The number of benzene rings is 2. The standard InChI is InChI=1S/C63H90N6O9/c1-42(2)13-12-14-43(3)51-21-22-52-49-20-19-46-37-47(27-29-62(46,4)53(49)28-30-63(51,52)5)64-31-8-9-32-65-60(74)40-78-41-61(75)66-33-10-11-34-69-39-48(67-68-69)38-50(54(70)23-15-44-17-25-56(72)58(35-44)76-6)55(71)24-16-45-18-26-57(73)59(36-45)77-7/h15-19,23-26,35-36,39,42-43,47,49,51-53,64,70,72-73H,8-14,20-22,27-34,37-38,40-41H2,1-7H3,(H,65,74)(H,66,75)/b23-15+,24-16+,54-50?/t43-,47+,49+,51-,52+,53+,62+,63-/m1/s1. The molecule has 15 nitrogen and oxygen atoms in total. The van der Waals surface area contributed by atoms with E-state index in [1.54, 1.807) is 52.9 Å². The first kappa shape index (κ1) is 59.7. The van der Waals surface area contributed by atoms with Gasteiger partial charge in [0.2, 0.25) is 11.8 Å². The van der Waals surface area contributed by atoms with Gasteiger partial charge < -0.3 is 45.5 Å². The highest BCUT2D eigenvalue weighted by Crippen LogP contribution is 2.67. The Kier molecular flexibility index (Phi) is 21.7. The van der Waals surface area contributed by atoms with Crippen LogP contribution in [0.3, 0.4) is 0 Å². The lowest BCUT2D eigenvalue weighted by molar-refractivity contribution is -0.131. The predicted octanol–water partition coefficient (Wildman–Crippen LogP) is 10.9. The van der Waals surface area contributed by atoms with Gasteiger partial charge in [-0.05, 0) is 177 Å². The Morgan fingerprint density at radius 2 is 1.45 bits per heavy atom. The molecule has 0 saturated heterocycles. The molecule has 15 heteroatoms. The topological polar surface area (TPSA) is 206 Å². The van der Waals surface area contributed by atoms with Crippen LogP contribution < -0.4 is 25.4 Å². The van der Waals surface area contributed by atoms with Crippen LogP contribution in [-0.2, 0) is 32.1 Å². The molecule has 0 unspecified atom stereocenters. The second-order valence-corrected chi connectivity index (χ2v) is 23.7. The number of amides is 2. The van der Waals surface area contributed by atoms with Gasteiger partial charge in [-0.1, -0.05) is 95.0 Å². The number of allylic oxidation sites excluding steroid dienone is 4. The third-order valence-corrected chi connectivity index (χ3v) is 18.1. The molecule has 8 atom stereocenters. The number of ketones is 1. The van der Waals surface area contributed by atoms with Gasteiger partial charge in [-0.15, -0.1) is 5.10 Å². The highest BCUT2D eigenvalue weighted by atomic mass is 16.5. The number of rotatable bonds is 29. The van der Waals surface area contributed by atoms with Gasteiger partial charge in [0.15, 0.2) is 28.8 Å². The first-order valence-electron chi connectivity index (χ1n) is 29.0. The number of phenolic OH excluding ortho intramolecular Hbond substituents is 2. The normalized spacial score (nSPS) is 24.5. The molecule has 0 radical (unpaired) electrons. The molecule has 6 N–H and O–H groups in total. The molecule has 4 aliphatic rings. The third-order valence-electron chi connectivity index (χ3n) is 18.1. The summed E-state index contributed by atoms with van der Waals surface area (Å²) in [5, 5.41) is 49.2. The number of hydrogen-bond acceptors (Lipinski definition) is 12. The van der Waals surface area contributed by atoms with Crippen LogP contribution >= 0.6 is 0 Å². The molecular weight excluding hydrogens is 985 g/mol. The lowest BCUT2D eigenvalue weighted by Gasteiger charge is -2.58. The maximum atomic E-state index is 13.6. The molecule has 1 heterocycles. The molecule has 0 aliphatic heterocycles. The summed E-state index contributed by atoms with van der Waals surface area (Å²) < 4.78 is 17.4. The van der Waals surface area contributed by atoms with E-state index in [-0.39, 0.29) is 65.8 Å². The number of carbonyl (C=O) groups excluding carboxylic acids is 3. The van der Waals surface area contributed by atoms with Crippen LogP contribution in [0.1, 0.15) is 148 Å². The average Bonchev–Trinajstić information content (AvgIpc) is 4.19. The SMILES string of the molecule is COc1cc(/C=C/C(=O)C(Cc2cn(CCCCNC(=O)COCC(=O)NCCCCN[C@H]3CC[C@@]4(C)C(=CC[C@H]5[C@@H]6CC[C@H]([C@H](C)CCCC(C)C)[C@@]6(C)CC[C@@H]54)C3)nn2)=C(O)/C=C/c2ccc(O)c(OC)c2)ccc1O. The van der Waals surface area contributed by atoms with E-state index in [1.165, 1.54) is 109 Å². The second kappa shape index (κ2) is 28.3. The van der Waals surface area contributed by atoms with Gasteiger partial charge >= 0.3 is 0 Å². The quantitative estimate of drug-likeness (QED) is 0.0126. The minimum atomic E-state index is -0.474. The Morgan fingerprint density at radius 3 is 2.12 bits per heavy atom. The maximum absolute atomic E-state index is 13.6. The van der Waals surface area contributed by atoms with E-state index in [4.69, 9.17) is 14.2 Å². The molecule has 2 aromatic carbocycles. The maximum Gasteiger partial charge on any atom is 0.246 e. The number of aryl methyl sites for hydroxylation is 1. The number of methoxy groups -OCH3 is 2. The van der Waals surface area contributed by atoms with Gasteiger partial charge in [0.1, 0.15) is 19.0 Å². The number of aliphatic hydroxyl groups is 1. The lowest BCUT2D eigenvalue weighted by atomic mass is 9.47. The van der Waals surface area contributed by atoms with Crippen molar-refractivity contribution in [3.8, 4) is 23.0 Å². The predicted molar refractivity (Wildman–Crippen MR) is 306 cm³/mol. The van der Waals surface area contributed by atoms with Crippen molar-refractivity contribution in [1.29, 1.82) is 0 Å². The molecule has 0 spiro atoms. The molecular formula is C63H90N6O9.